The Hall–Kier alpha value is -2.79. The summed E-state index contributed by atoms with van der Waals surface area (Å²) in [5.41, 5.74) is 4.63. The van der Waals surface area contributed by atoms with E-state index < -0.39 is 5.97 Å². The van der Waals surface area contributed by atoms with E-state index >= 15 is 0 Å². The number of rotatable bonds is 5. The quantitative estimate of drug-likeness (QED) is 0.576. The second kappa shape index (κ2) is 8.07. The second-order valence-electron chi connectivity index (χ2n) is 7.03. The van der Waals surface area contributed by atoms with Gasteiger partial charge < -0.3 is 14.5 Å². The molecule has 0 aliphatic carbocycles. The molecule has 0 spiro atoms. The number of amides is 1. The van der Waals surface area contributed by atoms with E-state index in [4.69, 9.17) is 20.8 Å². The maximum absolute atomic E-state index is 12.6. The van der Waals surface area contributed by atoms with Gasteiger partial charge in [-0.15, -0.1) is 0 Å². The Labute approximate surface area is 168 Å². The van der Waals surface area contributed by atoms with Crippen molar-refractivity contribution >= 4 is 40.1 Å². The van der Waals surface area contributed by atoms with Gasteiger partial charge in [0.15, 0.2) is 0 Å². The molecule has 0 saturated heterocycles. The standard InChI is InChI=1S/C22H22ClNO4/c1-12(2)16-10-17-15(11-28-20(17)7-13(16)3)9-21(25)24-19-8-14(22(26)27-4)5-6-18(19)23/h5-8,10-12H,9H2,1-4H3,(H,24,25). The predicted octanol–water partition coefficient (Wildman–Crippen LogP) is 5.49. The Morgan fingerprint density at radius 2 is 1.96 bits per heavy atom. The molecule has 3 aromatic rings. The second-order valence-corrected chi connectivity index (χ2v) is 7.44. The van der Waals surface area contributed by atoms with Crippen LogP contribution in [0.2, 0.25) is 5.02 Å². The van der Waals surface area contributed by atoms with Crippen LogP contribution in [0.1, 0.15) is 46.8 Å². The van der Waals surface area contributed by atoms with Crippen LogP contribution >= 0.6 is 11.6 Å². The molecule has 1 N–H and O–H groups in total. The fourth-order valence-electron chi connectivity index (χ4n) is 3.24. The number of ether oxygens (including phenoxy) is 1. The lowest BCUT2D eigenvalue weighted by Crippen LogP contribution is -2.15. The lowest BCUT2D eigenvalue weighted by Gasteiger charge is -2.10. The highest BCUT2D eigenvalue weighted by atomic mass is 35.5. The van der Waals surface area contributed by atoms with Gasteiger partial charge in [0.25, 0.3) is 0 Å². The number of hydrogen-bond donors (Lipinski definition) is 1. The smallest absolute Gasteiger partial charge is 0.337 e. The molecule has 1 heterocycles. The number of hydrogen-bond acceptors (Lipinski definition) is 4. The van der Waals surface area contributed by atoms with Gasteiger partial charge in [-0.25, -0.2) is 4.79 Å². The summed E-state index contributed by atoms with van der Waals surface area (Å²) in [7, 11) is 1.30. The topological polar surface area (TPSA) is 68.5 Å². The van der Waals surface area contributed by atoms with Gasteiger partial charge in [0, 0.05) is 10.9 Å². The molecule has 0 bridgehead atoms. The van der Waals surface area contributed by atoms with Gasteiger partial charge in [-0.2, -0.15) is 0 Å². The average molecular weight is 400 g/mol. The minimum atomic E-state index is -0.496. The van der Waals surface area contributed by atoms with Crippen molar-refractivity contribution in [3.8, 4) is 0 Å². The fourth-order valence-corrected chi connectivity index (χ4v) is 3.40. The van der Waals surface area contributed by atoms with Crippen molar-refractivity contribution in [3.05, 3.63) is 63.9 Å². The van der Waals surface area contributed by atoms with Crippen LogP contribution < -0.4 is 5.32 Å². The minimum Gasteiger partial charge on any atom is -0.465 e. The molecule has 2 aromatic carbocycles. The van der Waals surface area contributed by atoms with E-state index in [9.17, 15) is 9.59 Å². The van der Waals surface area contributed by atoms with E-state index in [1.165, 1.54) is 24.3 Å². The zero-order valence-corrected chi connectivity index (χ0v) is 17.0. The zero-order chi connectivity index (χ0) is 20.4. The maximum Gasteiger partial charge on any atom is 0.337 e. The highest BCUT2D eigenvalue weighted by molar-refractivity contribution is 6.33. The Morgan fingerprint density at radius 3 is 2.64 bits per heavy atom. The van der Waals surface area contributed by atoms with Crippen LogP contribution in [0.4, 0.5) is 5.69 Å². The number of methoxy groups -OCH3 is 1. The molecule has 5 nitrogen and oxygen atoms in total. The molecule has 146 valence electrons. The third-order valence-electron chi connectivity index (χ3n) is 4.68. The van der Waals surface area contributed by atoms with E-state index in [1.54, 1.807) is 18.4 Å². The first kappa shape index (κ1) is 20.0. The van der Waals surface area contributed by atoms with E-state index in [0.29, 0.717) is 22.2 Å². The number of nitrogens with one attached hydrogen (secondary N) is 1. The number of anilines is 1. The van der Waals surface area contributed by atoms with Gasteiger partial charge >= 0.3 is 5.97 Å². The molecule has 3 rings (SSSR count). The number of furan rings is 1. The van der Waals surface area contributed by atoms with Gasteiger partial charge in [0.1, 0.15) is 5.58 Å². The third kappa shape index (κ3) is 4.04. The van der Waals surface area contributed by atoms with Gasteiger partial charge in [0.2, 0.25) is 5.91 Å². The predicted molar refractivity (Wildman–Crippen MR) is 110 cm³/mol. The van der Waals surface area contributed by atoms with Crippen LogP contribution in [-0.2, 0) is 16.0 Å². The molecule has 0 aliphatic heterocycles. The summed E-state index contributed by atoms with van der Waals surface area (Å²) in [4.78, 5) is 24.3. The molecular formula is C22H22ClNO4. The van der Waals surface area contributed by atoms with E-state index in [-0.39, 0.29) is 12.3 Å². The van der Waals surface area contributed by atoms with Crippen molar-refractivity contribution in [2.75, 3.05) is 12.4 Å². The van der Waals surface area contributed by atoms with E-state index in [2.05, 4.69) is 32.2 Å². The summed E-state index contributed by atoms with van der Waals surface area (Å²) < 4.78 is 10.3. The first-order valence-corrected chi connectivity index (χ1v) is 9.36. The summed E-state index contributed by atoms with van der Waals surface area (Å²) >= 11 is 6.15. The van der Waals surface area contributed by atoms with Gasteiger partial charge in [-0.3, -0.25) is 4.79 Å². The molecule has 6 heteroatoms. The van der Waals surface area contributed by atoms with Crippen LogP contribution in [0.3, 0.4) is 0 Å². The first-order chi connectivity index (χ1) is 13.3. The lowest BCUT2D eigenvalue weighted by atomic mass is 9.95. The van der Waals surface area contributed by atoms with Gasteiger partial charge in [-0.05, 0) is 54.3 Å². The molecule has 0 saturated carbocycles. The van der Waals surface area contributed by atoms with Gasteiger partial charge in [-0.1, -0.05) is 25.4 Å². The molecule has 0 atom stereocenters. The minimum absolute atomic E-state index is 0.131. The molecule has 28 heavy (non-hydrogen) atoms. The van der Waals surface area contributed by atoms with Crippen molar-refractivity contribution in [1.29, 1.82) is 0 Å². The summed E-state index contributed by atoms with van der Waals surface area (Å²) in [6.45, 7) is 6.33. The molecule has 1 amide bonds. The summed E-state index contributed by atoms with van der Waals surface area (Å²) in [5, 5.41) is 4.03. The van der Waals surface area contributed by atoms with Crippen LogP contribution in [0, 0.1) is 6.92 Å². The SMILES string of the molecule is COC(=O)c1ccc(Cl)c(NC(=O)Cc2coc3cc(C)c(C(C)C)cc23)c1. The summed E-state index contributed by atoms with van der Waals surface area (Å²) in [6, 6.07) is 8.69. The Balaban J connectivity index is 1.84. The summed E-state index contributed by atoms with van der Waals surface area (Å²) in [5.74, 6) is -0.372. The number of esters is 1. The number of carbonyl (C=O) groups excluding carboxylic acids is 2. The normalized spacial score (nSPS) is 11.1. The third-order valence-corrected chi connectivity index (χ3v) is 5.01. The largest absolute Gasteiger partial charge is 0.465 e. The van der Waals surface area contributed by atoms with Crippen molar-refractivity contribution in [2.24, 2.45) is 0 Å². The number of benzene rings is 2. The molecule has 0 aliphatic rings. The number of halogens is 1. The van der Waals surface area contributed by atoms with Crippen LogP contribution in [0.5, 0.6) is 0 Å². The fraction of sp³-hybridized carbons (Fsp3) is 0.273. The van der Waals surface area contributed by atoms with Crippen LogP contribution in [-0.4, -0.2) is 19.0 Å². The number of aryl methyl sites for hydroxylation is 1. The van der Waals surface area contributed by atoms with E-state index in [0.717, 1.165) is 16.5 Å². The highest BCUT2D eigenvalue weighted by Crippen LogP contribution is 2.30. The van der Waals surface area contributed by atoms with Gasteiger partial charge in [0.05, 0.1) is 36.1 Å². The first-order valence-electron chi connectivity index (χ1n) is 8.98. The highest BCUT2D eigenvalue weighted by Gasteiger charge is 2.16. The lowest BCUT2D eigenvalue weighted by molar-refractivity contribution is -0.115. The monoisotopic (exact) mass is 399 g/mol. The number of carbonyl (C=O) groups is 2. The average Bonchev–Trinajstić information content (AvgIpc) is 3.03. The van der Waals surface area contributed by atoms with E-state index in [1.807, 2.05) is 6.07 Å². The van der Waals surface area contributed by atoms with Crippen molar-refractivity contribution in [1.82, 2.24) is 0 Å². The van der Waals surface area contributed by atoms with Crippen LogP contribution in [0.25, 0.3) is 11.0 Å². The maximum atomic E-state index is 12.6. The molecule has 1 aromatic heterocycles. The molecule has 0 unspecified atom stereocenters. The molecule has 0 radical (unpaired) electrons. The molecule has 0 fully saturated rings. The Morgan fingerprint density at radius 1 is 1.21 bits per heavy atom. The van der Waals surface area contributed by atoms with Crippen LogP contribution in [0.15, 0.2) is 41.0 Å². The van der Waals surface area contributed by atoms with Crippen molar-refractivity contribution in [3.63, 3.8) is 0 Å². The zero-order valence-electron chi connectivity index (χ0n) is 16.3. The van der Waals surface area contributed by atoms with Crippen molar-refractivity contribution in [2.45, 2.75) is 33.1 Å². The Kier molecular flexibility index (Phi) is 5.75. The summed E-state index contributed by atoms with van der Waals surface area (Å²) in [6.07, 6.45) is 1.74. The molecular weight excluding hydrogens is 378 g/mol. The number of fused-ring (bicyclic) bond motifs is 1. The Bertz CT molecular complexity index is 1050. The van der Waals surface area contributed by atoms with Crippen molar-refractivity contribution < 1.29 is 18.7 Å².